The Balaban J connectivity index is 1.64. The second-order valence-corrected chi connectivity index (χ2v) is 8.63. The molecule has 0 aliphatic heterocycles. The summed E-state index contributed by atoms with van der Waals surface area (Å²) < 4.78 is 38.0. The maximum atomic E-state index is 13.1. The van der Waals surface area contributed by atoms with Crippen molar-refractivity contribution >= 4 is 17.3 Å². The summed E-state index contributed by atoms with van der Waals surface area (Å²) in [4.78, 5) is 26.1. The summed E-state index contributed by atoms with van der Waals surface area (Å²) in [5.41, 5.74) is 4.12. The second-order valence-electron chi connectivity index (χ2n) is 8.63. The van der Waals surface area contributed by atoms with Crippen LogP contribution in [0, 0.1) is 12.8 Å². The van der Waals surface area contributed by atoms with E-state index in [0.29, 0.717) is 31.5 Å². The van der Waals surface area contributed by atoms with Gasteiger partial charge >= 0.3 is 6.18 Å². The SMILES string of the molecule is CCc1cc(C)cc(CC)c1C1C(=O)CC(CCNc2ccc(C(F)(F)F)cc2)CC1=O. The monoisotopic (exact) mass is 445 g/mol. The van der Waals surface area contributed by atoms with Gasteiger partial charge in [0, 0.05) is 25.1 Å². The first-order chi connectivity index (χ1) is 15.1. The normalized spacial score (nSPS) is 19.3. The number of carbonyl (C=O) groups is 2. The second kappa shape index (κ2) is 9.88. The zero-order chi connectivity index (χ0) is 23.5. The summed E-state index contributed by atoms with van der Waals surface area (Å²) in [7, 11) is 0. The van der Waals surface area contributed by atoms with E-state index in [1.54, 1.807) is 0 Å². The number of halogens is 3. The summed E-state index contributed by atoms with van der Waals surface area (Å²) in [6, 6.07) is 9.03. The van der Waals surface area contributed by atoms with E-state index in [-0.39, 0.29) is 17.5 Å². The van der Waals surface area contributed by atoms with Crippen molar-refractivity contribution < 1.29 is 22.8 Å². The minimum Gasteiger partial charge on any atom is -0.385 e. The molecule has 2 aromatic rings. The van der Waals surface area contributed by atoms with Gasteiger partial charge in [0.1, 0.15) is 17.5 Å². The lowest BCUT2D eigenvalue weighted by atomic mass is 9.72. The lowest BCUT2D eigenvalue weighted by Gasteiger charge is -2.29. The fourth-order valence-electron chi connectivity index (χ4n) is 4.69. The van der Waals surface area contributed by atoms with Gasteiger partial charge in [0.25, 0.3) is 0 Å². The number of hydrogen-bond acceptors (Lipinski definition) is 3. The number of ketones is 2. The number of Topliss-reactive ketones (excluding diaryl/α,β-unsaturated/α-hetero) is 2. The molecule has 0 radical (unpaired) electrons. The van der Waals surface area contributed by atoms with Crippen molar-refractivity contribution in [2.75, 3.05) is 11.9 Å². The van der Waals surface area contributed by atoms with Gasteiger partial charge in [-0.25, -0.2) is 0 Å². The molecule has 32 heavy (non-hydrogen) atoms. The minimum absolute atomic E-state index is 0.0194. The Morgan fingerprint density at radius 1 is 0.938 bits per heavy atom. The molecule has 2 aromatic carbocycles. The standard InChI is InChI=1S/C26H30F3NO2/c1-4-18-12-16(3)13-19(5-2)24(18)25-22(31)14-17(15-23(25)32)10-11-30-21-8-6-20(7-9-21)26(27,28)29/h6-9,12-13,17,25,30H,4-5,10-11,14-15H2,1-3H3. The van der Waals surface area contributed by atoms with Gasteiger partial charge in [-0.1, -0.05) is 31.5 Å². The highest BCUT2D eigenvalue weighted by Crippen LogP contribution is 2.36. The van der Waals surface area contributed by atoms with Crippen LogP contribution in [0.4, 0.5) is 18.9 Å². The zero-order valence-corrected chi connectivity index (χ0v) is 18.8. The highest BCUT2D eigenvalue weighted by Gasteiger charge is 2.38. The number of anilines is 1. The Labute approximate surface area is 187 Å². The first-order valence-electron chi connectivity index (χ1n) is 11.2. The number of rotatable bonds is 7. The first-order valence-corrected chi connectivity index (χ1v) is 11.2. The van der Waals surface area contributed by atoms with Gasteiger partial charge in [0.15, 0.2) is 0 Å². The van der Waals surface area contributed by atoms with Crippen LogP contribution in [0.5, 0.6) is 0 Å². The van der Waals surface area contributed by atoms with E-state index in [1.165, 1.54) is 12.1 Å². The van der Waals surface area contributed by atoms with Gasteiger partial charge in [-0.3, -0.25) is 9.59 Å². The predicted octanol–water partition coefficient (Wildman–Crippen LogP) is 6.27. The summed E-state index contributed by atoms with van der Waals surface area (Å²) in [6.07, 6.45) is -1.48. The van der Waals surface area contributed by atoms with Gasteiger partial charge in [0.2, 0.25) is 0 Å². The van der Waals surface area contributed by atoms with Gasteiger partial charge in [-0.2, -0.15) is 13.2 Å². The van der Waals surface area contributed by atoms with Crippen molar-refractivity contribution in [3.63, 3.8) is 0 Å². The van der Waals surface area contributed by atoms with E-state index in [2.05, 4.69) is 17.4 Å². The molecule has 1 fully saturated rings. The van der Waals surface area contributed by atoms with Gasteiger partial charge in [-0.05, 0) is 73.1 Å². The van der Waals surface area contributed by atoms with Crippen molar-refractivity contribution in [2.45, 2.75) is 65.0 Å². The van der Waals surface area contributed by atoms with Crippen molar-refractivity contribution in [2.24, 2.45) is 5.92 Å². The van der Waals surface area contributed by atoms with Crippen LogP contribution in [0.25, 0.3) is 0 Å². The number of alkyl halides is 3. The summed E-state index contributed by atoms with van der Waals surface area (Å²) in [6.45, 7) is 6.62. The lowest BCUT2D eigenvalue weighted by molar-refractivity contribution is -0.137. The van der Waals surface area contributed by atoms with E-state index in [1.807, 2.05) is 20.8 Å². The van der Waals surface area contributed by atoms with Crippen LogP contribution in [-0.2, 0) is 28.6 Å². The molecule has 172 valence electrons. The van der Waals surface area contributed by atoms with Crippen LogP contribution in [-0.4, -0.2) is 18.1 Å². The van der Waals surface area contributed by atoms with Crippen molar-refractivity contribution in [1.29, 1.82) is 0 Å². The third-order valence-corrected chi connectivity index (χ3v) is 6.26. The summed E-state index contributed by atoms with van der Waals surface area (Å²) in [5.74, 6) is -0.753. The third kappa shape index (κ3) is 5.40. The molecule has 0 heterocycles. The lowest BCUT2D eigenvalue weighted by Crippen LogP contribution is -2.33. The summed E-state index contributed by atoms with van der Waals surface area (Å²) in [5, 5.41) is 3.10. The maximum absolute atomic E-state index is 13.1. The molecule has 0 amide bonds. The largest absolute Gasteiger partial charge is 0.416 e. The van der Waals surface area contributed by atoms with Gasteiger partial charge < -0.3 is 5.32 Å². The fourth-order valence-corrected chi connectivity index (χ4v) is 4.69. The van der Waals surface area contributed by atoms with E-state index in [0.717, 1.165) is 47.2 Å². The van der Waals surface area contributed by atoms with Crippen LogP contribution >= 0.6 is 0 Å². The Bertz CT molecular complexity index is 937. The molecule has 1 aliphatic rings. The van der Waals surface area contributed by atoms with E-state index in [4.69, 9.17) is 0 Å². The van der Waals surface area contributed by atoms with Gasteiger partial charge in [-0.15, -0.1) is 0 Å². The van der Waals surface area contributed by atoms with E-state index < -0.39 is 17.7 Å². The first kappa shape index (κ1) is 24.0. The Morgan fingerprint density at radius 2 is 1.47 bits per heavy atom. The number of hydrogen-bond donors (Lipinski definition) is 1. The third-order valence-electron chi connectivity index (χ3n) is 6.26. The average Bonchev–Trinajstić information content (AvgIpc) is 2.73. The average molecular weight is 446 g/mol. The molecule has 0 bridgehead atoms. The van der Waals surface area contributed by atoms with Crippen LogP contribution in [0.2, 0.25) is 0 Å². The molecular weight excluding hydrogens is 415 g/mol. The van der Waals surface area contributed by atoms with E-state index >= 15 is 0 Å². The smallest absolute Gasteiger partial charge is 0.385 e. The zero-order valence-electron chi connectivity index (χ0n) is 18.8. The highest BCUT2D eigenvalue weighted by atomic mass is 19.4. The van der Waals surface area contributed by atoms with E-state index in [9.17, 15) is 22.8 Å². The minimum atomic E-state index is -4.36. The Morgan fingerprint density at radius 3 is 1.94 bits per heavy atom. The predicted molar refractivity (Wildman–Crippen MR) is 120 cm³/mol. The fraction of sp³-hybridized carbons (Fsp3) is 0.462. The van der Waals surface area contributed by atoms with Crippen molar-refractivity contribution in [3.8, 4) is 0 Å². The molecule has 3 rings (SSSR count). The molecular formula is C26H30F3NO2. The van der Waals surface area contributed by atoms with Crippen LogP contribution in [0.15, 0.2) is 36.4 Å². The Hall–Kier alpha value is -2.63. The molecule has 0 saturated heterocycles. The quantitative estimate of drug-likeness (QED) is 0.511. The highest BCUT2D eigenvalue weighted by molar-refractivity contribution is 6.10. The van der Waals surface area contributed by atoms with Crippen LogP contribution in [0.1, 0.15) is 66.8 Å². The van der Waals surface area contributed by atoms with Crippen LogP contribution in [0.3, 0.4) is 0 Å². The number of nitrogens with one attached hydrogen (secondary N) is 1. The van der Waals surface area contributed by atoms with Crippen LogP contribution < -0.4 is 5.32 Å². The number of aryl methyl sites for hydroxylation is 3. The van der Waals surface area contributed by atoms with Crippen molar-refractivity contribution in [3.05, 3.63) is 64.2 Å². The topological polar surface area (TPSA) is 46.2 Å². The van der Waals surface area contributed by atoms with Crippen molar-refractivity contribution in [1.82, 2.24) is 0 Å². The maximum Gasteiger partial charge on any atom is 0.416 e. The summed E-state index contributed by atoms with van der Waals surface area (Å²) >= 11 is 0. The molecule has 0 atom stereocenters. The number of benzene rings is 2. The molecule has 6 heteroatoms. The molecule has 0 unspecified atom stereocenters. The molecule has 1 N–H and O–H groups in total. The molecule has 1 aliphatic carbocycles. The molecule has 1 saturated carbocycles. The molecule has 3 nitrogen and oxygen atoms in total. The van der Waals surface area contributed by atoms with Gasteiger partial charge in [0.05, 0.1) is 5.56 Å². The molecule has 0 aromatic heterocycles. The Kier molecular flexibility index (Phi) is 7.42. The number of carbonyl (C=O) groups excluding carboxylic acids is 2. The molecule has 0 spiro atoms.